The first-order chi connectivity index (χ1) is 9.54. The number of nitrogen functional groups attached to an aromatic ring is 1. The second kappa shape index (κ2) is 5.30. The van der Waals surface area contributed by atoms with E-state index < -0.39 is 0 Å². The van der Waals surface area contributed by atoms with Crippen LogP contribution in [0.3, 0.4) is 0 Å². The summed E-state index contributed by atoms with van der Waals surface area (Å²) in [5, 5.41) is 1.66. The summed E-state index contributed by atoms with van der Waals surface area (Å²) in [5.41, 5.74) is 6.81. The van der Waals surface area contributed by atoms with Crippen LogP contribution in [0.25, 0.3) is 10.2 Å². The van der Waals surface area contributed by atoms with Gasteiger partial charge in [0, 0.05) is 5.69 Å². The molecule has 0 atom stereocenters. The SMILES string of the molecule is Nc1cc(Cl)c(Oc2nc3c(Cl)cccc3s2)c(Cl)c1. The molecule has 1 heterocycles. The maximum atomic E-state index is 6.08. The molecule has 0 spiro atoms. The molecular weight excluding hydrogens is 339 g/mol. The van der Waals surface area contributed by atoms with Crippen LogP contribution in [0, 0.1) is 0 Å². The summed E-state index contributed by atoms with van der Waals surface area (Å²) in [6, 6.07) is 8.69. The van der Waals surface area contributed by atoms with E-state index in [4.69, 9.17) is 45.3 Å². The second-order valence-corrected chi connectivity index (χ2v) is 6.20. The van der Waals surface area contributed by atoms with Crippen molar-refractivity contribution in [3.8, 4) is 10.9 Å². The van der Waals surface area contributed by atoms with Crippen molar-refractivity contribution in [2.24, 2.45) is 0 Å². The number of nitrogens with zero attached hydrogens (tertiary/aromatic N) is 1. The lowest BCUT2D eigenvalue weighted by atomic mass is 10.3. The number of aromatic nitrogens is 1. The lowest BCUT2D eigenvalue weighted by Gasteiger charge is -2.07. The van der Waals surface area contributed by atoms with Crippen LogP contribution in [0.1, 0.15) is 0 Å². The maximum Gasteiger partial charge on any atom is 0.279 e. The molecule has 20 heavy (non-hydrogen) atoms. The fourth-order valence-electron chi connectivity index (χ4n) is 1.70. The average Bonchev–Trinajstić information content (AvgIpc) is 2.78. The van der Waals surface area contributed by atoms with Gasteiger partial charge >= 0.3 is 0 Å². The third-order valence-electron chi connectivity index (χ3n) is 2.56. The van der Waals surface area contributed by atoms with E-state index >= 15 is 0 Å². The quantitative estimate of drug-likeness (QED) is 0.612. The first-order valence-electron chi connectivity index (χ1n) is 5.52. The lowest BCUT2D eigenvalue weighted by Crippen LogP contribution is -1.89. The van der Waals surface area contributed by atoms with Gasteiger partial charge in [-0.15, -0.1) is 0 Å². The Morgan fingerprint density at radius 3 is 2.40 bits per heavy atom. The smallest absolute Gasteiger partial charge is 0.279 e. The molecule has 0 bridgehead atoms. The van der Waals surface area contributed by atoms with Gasteiger partial charge < -0.3 is 10.5 Å². The molecule has 2 aromatic carbocycles. The van der Waals surface area contributed by atoms with Gasteiger partial charge in [-0.2, -0.15) is 0 Å². The summed E-state index contributed by atoms with van der Waals surface area (Å²) < 4.78 is 6.59. The van der Waals surface area contributed by atoms with Gasteiger partial charge in [-0.3, -0.25) is 0 Å². The zero-order valence-corrected chi connectivity index (χ0v) is 12.9. The molecule has 0 saturated carbocycles. The van der Waals surface area contributed by atoms with Crippen LogP contribution < -0.4 is 10.5 Å². The van der Waals surface area contributed by atoms with E-state index in [0.717, 1.165) is 4.70 Å². The van der Waals surface area contributed by atoms with Crippen LogP contribution >= 0.6 is 46.1 Å². The molecule has 7 heteroatoms. The van der Waals surface area contributed by atoms with Gasteiger partial charge in [0.2, 0.25) is 0 Å². The van der Waals surface area contributed by atoms with Gasteiger partial charge in [0.1, 0.15) is 5.52 Å². The number of halogens is 3. The Kier molecular flexibility index (Phi) is 3.65. The zero-order valence-electron chi connectivity index (χ0n) is 9.86. The van der Waals surface area contributed by atoms with Gasteiger partial charge in [0.25, 0.3) is 5.19 Å². The van der Waals surface area contributed by atoms with Crippen LogP contribution in [0.15, 0.2) is 30.3 Å². The third-order valence-corrected chi connectivity index (χ3v) is 4.33. The largest absolute Gasteiger partial charge is 0.428 e. The first kappa shape index (κ1) is 13.8. The molecule has 0 unspecified atom stereocenters. The van der Waals surface area contributed by atoms with Crippen molar-refractivity contribution in [2.45, 2.75) is 0 Å². The fourth-order valence-corrected chi connectivity index (χ4v) is 3.41. The number of hydrogen-bond donors (Lipinski definition) is 1. The Morgan fingerprint density at radius 2 is 1.75 bits per heavy atom. The third kappa shape index (κ3) is 2.52. The molecule has 3 nitrogen and oxygen atoms in total. The minimum atomic E-state index is 0.331. The maximum absolute atomic E-state index is 6.08. The number of rotatable bonds is 2. The summed E-state index contributed by atoms with van der Waals surface area (Å²) in [4.78, 5) is 4.33. The number of ether oxygens (including phenoxy) is 1. The summed E-state index contributed by atoms with van der Waals surface area (Å²) in [6.45, 7) is 0. The van der Waals surface area contributed by atoms with Crippen LogP contribution in [0.2, 0.25) is 15.1 Å². The number of anilines is 1. The van der Waals surface area contributed by atoms with E-state index in [2.05, 4.69) is 4.98 Å². The normalized spacial score (nSPS) is 10.9. The van der Waals surface area contributed by atoms with Gasteiger partial charge in [-0.1, -0.05) is 52.2 Å². The van der Waals surface area contributed by atoms with Crippen molar-refractivity contribution >= 4 is 62.0 Å². The molecule has 3 aromatic rings. The molecular formula is C13H7Cl3N2OS. The Hall–Kier alpha value is -1.20. The molecule has 0 saturated heterocycles. The van der Waals surface area contributed by atoms with E-state index in [1.165, 1.54) is 11.3 Å². The number of thiazole rings is 1. The standard InChI is InChI=1S/C13H7Cl3N2OS/c14-7-2-1-3-10-11(7)18-13(20-10)19-12-8(15)4-6(17)5-9(12)16/h1-5H,17H2. The summed E-state index contributed by atoms with van der Waals surface area (Å²) in [5.74, 6) is 0.331. The number of para-hydroxylation sites is 1. The van der Waals surface area contributed by atoms with Crippen LogP contribution in [0.5, 0.6) is 10.9 Å². The molecule has 1 aromatic heterocycles. The van der Waals surface area contributed by atoms with Gasteiger partial charge in [-0.05, 0) is 24.3 Å². The zero-order chi connectivity index (χ0) is 14.3. The highest BCUT2D eigenvalue weighted by atomic mass is 35.5. The number of hydrogen-bond acceptors (Lipinski definition) is 4. The minimum absolute atomic E-state index is 0.331. The van der Waals surface area contributed by atoms with Crippen LogP contribution in [0.4, 0.5) is 5.69 Å². The molecule has 0 amide bonds. The second-order valence-electron chi connectivity index (χ2n) is 3.98. The molecule has 0 aliphatic carbocycles. The fraction of sp³-hybridized carbons (Fsp3) is 0. The number of benzene rings is 2. The Balaban J connectivity index is 2.04. The van der Waals surface area contributed by atoms with Crippen molar-refractivity contribution in [1.82, 2.24) is 4.98 Å². The monoisotopic (exact) mass is 344 g/mol. The Labute approximate surface area is 133 Å². The molecule has 2 N–H and O–H groups in total. The number of nitrogens with two attached hydrogens (primary N) is 1. The van der Waals surface area contributed by atoms with Crippen molar-refractivity contribution in [3.63, 3.8) is 0 Å². The summed E-state index contributed by atoms with van der Waals surface area (Å²) >= 11 is 19.6. The predicted octanol–water partition coefficient (Wildman–Crippen LogP) is 5.63. The topological polar surface area (TPSA) is 48.1 Å². The molecule has 102 valence electrons. The van der Waals surface area contributed by atoms with Crippen LogP contribution in [-0.4, -0.2) is 4.98 Å². The van der Waals surface area contributed by atoms with Gasteiger partial charge in [0.05, 0.1) is 19.8 Å². The molecule has 0 aliphatic heterocycles. The van der Waals surface area contributed by atoms with Crippen molar-refractivity contribution < 1.29 is 4.74 Å². The van der Waals surface area contributed by atoms with Crippen molar-refractivity contribution in [2.75, 3.05) is 5.73 Å². The van der Waals surface area contributed by atoms with Crippen molar-refractivity contribution in [1.29, 1.82) is 0 Å². The van der Waals surface area contributed by atoms with E-state index in [9.17, 15) is 0 Å². The van der Waals surface area contributed by atoms with E-state index in [0.29, 0.717) is 37.2 Å². The Morgan fingerprint density at radius 1 is 1.05 bits per heavy atom. The lowest BCUT2D eigenvalue weighted by molar-refractivity contribution is 0.481. The van der Waals surface area contributed by atoms with Gasteiger partial charge in [0.15, 0.2) is 5.75 Å². The predicted molar refractivity (Wildman–Crippen MR) is 85.6 cm³/mol. The van der Waals surface area contributed by atoms with E-state index in [-0.39, 0.29) is 0 Å². The first-order valence-corrected chi connectivity index (χ1v) is 7.47. The van der Waals surface area contributed by atoms with Gasteiger partial charge in [-0.25, -0.2) is 4.98 Å². The van der Waals surface area contributed by atoms with Crippen molar-refractivity contribution in [3.05, 3.63) is 45.4 Å². The molecule has 0 aliphatic rings. The summed E-state index contributed by atoms with van der Waals surface area (Å²) in [7, 11) is 0. The van der Waals surface area contributed by atoms with E-state index in [1.807, 2.05) is 12.1 Å². The minimum Gasteiger partial charge on any atom is -0.428 e. The van der Waals surface area contributed by atoms with E-state index in [1.54, 1.807) is 18.2 Å². The highest BCUT2D eigenvalue weighted by Gasteiger charge is 2.14. The average molecular weight is 346 g/mol. The number of fused-ring (bicyclic) bond motifs is 1. The molecule has 3 rings (SSSR count). The van der Waals surface area contributed by atoms with Crippen LogP contribution in [-0.2, 0) is 0 Å². The Bertz CT molecular complexity index is 780. The highest BCUT2D eigenvalue weighted by molar-refractivity contribution is 7.20. The summed E-state index contributed by atoms with van der Waals surface area (Å²) in [6.07, 6.45) is 0. The molecule has 0 fully saturated rings. The highest BCUT2D eigenvalue weighted by Crippen LogP contribution is 2.41. The molecule has 0 radical (unpaired) electrons.